The Morgan fingerprint density at radius 1 is 0.305 bits per heavy atom. The lowest BCUT2D eigenvalue weighted by atomic mass is 9.55. The molecule has 0 aliphatic heterocycles. The molecule has 0 radical (unpaired) electrons. The predicted octanol–water partition coefficient (Wildman–Crippen LogP) is 15.2. The van der Waals surface area contributed by atoms with Crippen LogP contribution in [-0.2, 0) is 10.8 Å². The van der Waals surface area contributed by atoms with Crippen LogP contribution in [0.3, 0.4) is 0 Å². The first-order valence-corrected chi connectivity index (χ1v) is 20.7. The van der Waals surface area contributed by atoms with Crippen molar-refractivity contribution < 1.29 is 0 Å². The Kier molecular flexibility index (Phi) is 8.13. The summed E-state index contributed by atoms with van der Waals surface area (Å²) in [6.45, 7) is 4.77. The first kappa shape index (κ1) is 35.0. The first-order valence-electron chi connectivity index (χ1n) is 20.7. The van der Waals surface area contributed by atoms with Crippen molar-refractivity contribution in [1.29, 1.82) is 0 Å². The zero-order chi connectivity index (χ0) is 39.6. The highest BCUT2D eigenvalue weighted by molar-refractivity contribution is 5.98. The summed E-state index contributed by atoms with van der Waals surface area (Å²) in [6.07, 6.45) is 0. The van der Waals surface area contributed by atoms with E-state index in [1.54, 1.807) is 0 Å². The van der Waals surface area contributed by atoms with E-state index in [1.165, 1.54) is 77.9 Å². The zero-order valence-electron chi connectivity index (χ0n) is 33.3. The Labute approximate surface area is 347 Å². The summed E-state index contributed by atoms with van der Waals surface area (Å²) < 4.78 is 0. The third-order valence-electron chi connectivity index (χ3n) is 12.9. The molecule has 0 aromatic heterocycles. The lowest BCUT2D eigenvalue weighted by Gasteiger charge is -2.46. The van der Waals surface area contributed by atoms with Gasteiger partial charge in [0.15, 0.2) is 0 Å². The molecule has 59 heavy (non-hydrogen) atoms. The van der Waals surface area contributed by atoms with Gasteiger partial charge in [-0.3, -0.25) is 0 Å². The molecule has 0 saturated heterocycles. The molecular weight excluding hydrogens is 711 g/mol. The van der Waals surface area contributed by atoms with E-state index in [1.807, 2.05) is 0 Å². The molecular formula is C58H43N. The fraction of sp³-hybridized carbons (Fsp3) is 0.0690. The third kappa shape index (κ3) is 5.31. The van der Waals surface area contributed by atoms with Crippen molar-refractivity contribution in [3.05, 3.63) is 258 Å². The number of benzene rings is 9. The average Bonchev–Trinajstić information content (AvgIpc) is 3.60. The topological polar surface area (TPSA) is 3.24 Å². The van der Waals surface area contributed by atoms with Gasteiger partial charge in [0.05, 0.1) is 11.1 Å². The summed E-state index contributed by atoms with van der Waals surface area (Å²) in [5, 5.41) is 0. The van der Waals surface area contributed by atoms with E-state index in [0.717, 1.165) is 17.1 Å². The van der Waals surface area contributed by atoms with E-state index in [0.29, 0.717) is 0 Å². The Bertz CT molecular complexity index is 2980. The van der Waals surface area contributed by atoms with E-state index < -0.39 is 5.41 Å². The molecule has 0 unspecified atom stereocenters. The molecule has 0 atom stereocenters. The molecule has 1 spiro atoms. The Morgan fingerprint density at radius 2 is 0.746 bits per heavy atom. The SMILES string of the molecule is CC1(C)c2ccccc2C2(c3ccccc3-c3c(-c4cccc(N(c5cccc(-c6ccccc6)c5)c5ccccc5-c5ccccc5)c4)cccc32)c2ccccc21. The molecule has 0 heterocycles. The summed E-state index contributed by atoms with van der Waals surface area (Å²) in [7, 11) is 0. The van der Waals surface area contributed by atoms with Crippen molar-refractivity contribution in [3.63, 3.8) is 0 Å². The molecule has 11 rings (SSSR count). The molecule has 0 fully saturated rings. The molecule has 0 amide bonds. The highest BCUT2D eigenvalue weighted by atomic mass is 15.1. The fourth-order valence-electron chi connectivity index (χ4n) is 10.4. The van der Waals surface area contributed by atoms with Crippen LogP contribution in [0.25, 0.3) is 44.5 Å². The Morgan fingerprint density at radius 3 is 1.41 bits per heavy atom. The standard InChI is InChI=1S/C58H43N/c1-57(2)50-32-12-14-34-52(50)58(53-35-15-13-33-51(53)57)49-31-11-9-29-48(49)56-47(30-19-36-54(56)58)43-25-18-27-45(39-43)59(44-26-17-24-42(38-44)40-20-5-3-6-21-40)55-37-16-10-28-46(55)41-22-7-4-8-23-41/h3-39H,1-2H3. The number of fused-ring (bicyclic) bond motifs is 9. The quantitative estimate of drug-likeness (QED) is 0.163. The molecule has 0 bridgehead atoms. The summed E-state index contributed by atoms with van der Waals surface area (Å²) in [6, 6.07) is 82.9. The van der Waals surface area contributed by atoms with Crippen molar-refractivity contribution in [2.75, 3.05) is 4.90 Å². The Hall–Kier alpha value is -7.22. The van der Waals surface area contributed by atoms with E-state index in [2.05, 4.69) is 243 Å². The maximum Gasteiger partial charge on any atom is 0.0719 e. The highest BCUT2D eigenvalue weighted by Crippen LogP contribution is 2.63. The largest absolute Gasteiger partial charge is 0.310 e. The first-order chi connectivity index (χ1) is 29.0. The van der Waals surface area contributed by atoms with Crippen LogP contribution < -0.4 is 4.90 Å². The second kappa shape index (κ2) is 13.7. The van der Waals surface area contributed by atoms with E-state index >= 15 is 0 Å². The second-order valence-electron chi connectivity index (χ2n) is 16.4. The lowest BCUT2D eigenvalue weighted by Crippen LogP contribution is -2.40. The van der Waals surface area contributed by atoms with E-state index in [9.17, 15) is 0 Å². The molecule has 9 aromatic carbocycles. The van der Waals surface area contributed by atoms with Crippen LogP contribution in [0.5, 0.6) is 0 Å². The normalized spacial score (nSPS) is 13.9. The van der Waals surface area contributed by atoms with Gasteiger partial charge in [0.2, 0.25) is 0 Å². The van der Waals surface area contributed by atoms with Crippen LogP contribution in [0.2, 0.25) is 0 Å². The van der Waals surface area contributed by atoms with Crippen molar-refractivity contribution in [2.24, 2.45) is 0 Å². The molecule has 1 heteroatoms. The third-order valence-corrected chi connectivity index (χ3v) is 12.9. The van der Waals surface area contributed by atoms with Gasteiger partial charge in [0, 0.05) is 22.4 Å². The van der Waals surface area contributed by atoms with Crippen LogP contribution in [0, 0.1) is 0 Å². The summed E-state index contributed by atoms with van der Waals surface area (Å²) in [5.74, 6) is 0. The Balaban J connectivity index is 1.15. The van der Waals surface area contributed by atoms with Gasteiger partial charge in [-0.25, -0.2) is 0 Å². The van der Waals surface area contributed by atoms with Crippen LogP contribution in [-0.4, -0.2) is 0 Å². The van der Waals surface area contributed by atoms with Crippen LogP contribution in [0.4, 0.5) is 17.1 Å². The molecule has 0 N–H and O–H groups in total. The molecule has 280 valence electrons. The number of hydrogen-bond donors (Lipinski definition) is 0. The minimum atomic E-state index is -0.444. The minimum Gasteiger partial charge on any atom is -0.310 e. The minimum absolute atomic E-state index is 0.139. The lowest BCUT2D eigenvalue weighted by molar-refractivity contribution is 0.563. The van der Waals surface area contributed by atoms with E-state index in [4.69, 9.17) is 0 Å². The van der Waals surface area contributed by atoms with Gasteiger partial charge in [-0.2, -0.15) is 0 Å². The van der Waals surface area contributed by atoms with Gasteiger partial charge >= 0.3 is 0 Å². The predicted molar refractivity (Wildman–Crippen MR) is 247 cm³/mol. The highest BCUT2D eigenvalue weighted by Gasteiger charge is 2.53. The van der Waals surface area contributed by atoms with Gasteiger partial charge < -0.3 is 4.90 Å². The summed E-state index contributed by atoms with van der Waals surface area (Å²) >= 11 is 0. The molecule has 2 aliphatic rings. The summed E-state index contributed by atoms with van der Waals surface area (Å²) in [5.41, 5.74) is 20.8. The molecule has 0 saturated carbocycles. The van der Waals surface area contributed by atoms with Gasteiger partial charge in [-0.15, -0.1) is 0 Å². The smallest absolute Gasteiger partial charge is 0.0719 e. The second-order valence-corrected chi connectivity index (χ2v) is 16.4. The number of para-hydroxylation sites is 1. The monoisotopic (exact) mass is 753 g/mol. The summed E-state index contributed by atoms with van der Waals surface area (Å²) in [4.78, 5) is 2.44. The maximum atomic E-state index is 2.44. The number of anilines is 3. The van der Waals surface area contributed by atoms with Gasteiger partial charge in [0.1, 0.15) is 0 Å². The number of rotatable bonds is 6. The van der Waals surface area contributed by atoms with Crippen LogP contribution >= 0.6 is 0 Å². The van der Waals surface area contributed by atoms with Gasteiger partial charge in [-0.05, 0) is 103 Å². The number of nitrogens with zero attached hydrogens (tertiary/aromatic N) is 1. The fourth-order valence-corrected chi connectivity index (χ4v) is 10.4. The van der Waals surface area contributed by atoms with Crippen molar-refractivity contribution in [1.82, 2.24) is 0 Å². The average molecular weight is 754 g/mol. The molecule has 2 aliphatic carbocycles. The molecule has 9 aromatic rings. The van der Waals surface area contributed by atoms with Gasteiger partial charge in [0.25, 0.3) is 0 Å². The van der Waals surface area contributed by atoms with E-state index in [-0.39, 0.29) is 5.41 Å². The van der Waals surface area contributed by atoms with Gasteiger partial charge in [-0.1, -0.05) is 208 Å². The zero-order valence-corrected chi connectivity index (χ0v) is 33.3. The molecule has 1 nitrogen and oxygen atoms in total. The number of hydrogen-bond acceptors (Lipinski definition) is 1. The van der Waals surface area contributed by atoms with Crippen molar-refractivity contribution in [2.45, 2.75) is 24.7 Å². The van der Waals surface area contributed by atoms with Crippen molar-refractivity contribution in [3.8, 4) is 44.5 Å². The van der Waals surface area contributed by atoms with Crippen molar-refractivity contribution >= 4 is 17.1 Å². The van der Waals surface area contributed by atoms with Crippen LogP contribution in [0.15, 0.2) is 224 Å². The van der Waals surface area contributed by atoms with Crippen LogP contribution in [0.1, 0.15) is 47.2 Å². The maximum absolute atomic E-state index is 2.44.